The molecular weight excluding hydrogens is 348 g/mol. The molecule has 1 heterocycles. The van der Waals surface area contributed by atoms with Crippen molar-refractivity contribution >= 4 is 40.2 Å². The molecular formula is C16H20N2O4S2. The SMILES string of the molecule is C=CCS(=O)(=O)NC(=O)[C@H]1Cc2ccccc2N1C(=O)[C@@H](C)CS. The Morgan fingerprint density at radius 1 is 1.46 bits per heavy atom. The summed E-state index contributed by atoms with van der Waals surface area (Å²) in [6.07, 6.45) is 1.47. The van der Waals surface area contributed by atoms with E-state index in [1.54, 1.807) is 19.1 Å². The van der Waals surface area contributed by atoms with Crippen molar-refractivity contribution in [2.24, 2.45) is 5.92 Å². The zero-order valence-corrected chi connectivity index (χ0v) is 15.0. The van der Waals surface area contributed by atoms with E-state index in [-0.39, 0.29) is 24.0 Å². The fourth-order valence-corrected chi connectivity index (χ4v) is 3.59. The number of nitrogens with zero attached hydrogens (tertiary/aromatic N) is 1. The molecule has 1 aromatic rings. The lowest BCUT2D eigenvalue weighted by Gasteiger charge is -2.27. The number of fused-ring (bicyclic) bond motifs is 1. The quantitative estimate of drug-likeness (QED) is 0.583. The highest BCUT2D eigenvalue weighted by Crippen LogP contribution is 2.33. The largest absolute Gasteiger partial charge is 0.299 e. The lowest BCUT2D eigenvalue weighted by atomic mass is 10.1. The van der Waals surface area contributed by atoms with Gasteiger partial charge in [-0.1, -0.05) is 31.2 Å². The molecule has 0 saturated carbocycles. The number of sulfonamides is 1. The van der Waals surface area contributed by atoms with Crippen molar-refractivity contribution in [2.75, 3.05) is 16.4 Å². The summed E-state index contributed by atoms with van der Waals surface area (Å²) in [6, 6.07) is 6.28. The molecule has 0 radical (unpaired) electrons. The number of benzene rings is 1. The number of anilines is 1. The van der Waals surface area contributed by atoms with Crippen molar-refractivity contribution in [3.63, 3.8) is 0 Å². The van der Waals surface area contributed by atoms with Crippen molar-refractivity contribution in [3.05, 3.63) is 42.5 Å². The fraction of sp³-hybridized carbons (Fsp3) is 0.375. The van der Waals surface area contributed by atoms with E-state index in [0.717, 1.165) is 5.56 Å². The highest BCUT2D eigenvalue weighted by molar-refractivity contribution is 7.90. The van der Waals surface area contributed by atoms with E-state index in [2.05, 4.69) is 19.2 Å². The van der Waals surface area contributed by atoms with Crippen molar-refractivity contribution < 1.29 is 18.0 Å². The van der Waals surface area contributed by atoms with Crippen molar-refractivity contribution in [2.45, 2.75) is 19.4 Å². The van der Waals surface area contributed by atoms with Crippen LogP contribution >= 0.6 is 12.6 Å². The second-order valence-electron chi connectivity index (χ2n) is 5.68. The lowest BCUT2D eigenvalue weighted by molar-refractivity contribution is -0.126. The van der Waals surface area contributed by atoms with Crippen molar-refractivity contribution in [1.29, 1.82) is 0 Å². The summed E-state index contributed by atoms with van der Waals surface area (Å²) in [6.45, 7) is 5.08. The summed E-state index contributed by atoms with van der Waals surface area (Å²) < 4.78 is 25.7. The second kappa shape index (κ2) is 7.40. The maximum Gasteiger partial charge on any atom is 0.256 e. The van der Waals surface area contributed by atoms with E-state index in [4.69, 9.17) is 0 Å². The predicted octanol–water partition coefficient (Wildman–Crippen LogP) is 1.14. The van der Waals surface area contributed by atoms with E-state index in [0.29, 0.717) is 11.4 Å². The first kappa shape index (κ1) is 18.5. The highest BCUT2D eigenvalue weighted by Gasteiger charge is 2.40. The third kappa shape index (κ3) is 3.81. The van der Waals surface area contributed by atoms with Gasteiger partial charge >= 0.3 is 0 Å². The minimum atomic E-state index is -3.80. The van der Waals surface area contributed by atoms with Gasteiger partial charge in [0, 0.05) is 23.8 Å². The second-order valence-corrected chi connectivity index (χ2v) is 7.81. The Bertz CT molecular complexity index is 761. The first-order valence-corrected chi connectivity index (χ1v) is 9.76. The first-order chi connectivity index (χ1) is 11.3. The van der Waals surface area contributed by atoms with Crippen LogP contribution < -0.4 is 9.62 Å². The molecule has 1 aliphatic heterocycles. The Labute approximate surface area is 147 Å². The normalized spacial score (nSPS) is 17.9. The van der Waals surface area contributed by atoms with Gasteiger partial charge in [-0.2, -0.15) is 12.6 Å². The number of carbonyl (C=O) groups excluding carboxylic acids is 2. The molecule has 0 saturated heterocycles. The van der Waals surface area contributed by atoms with Gasteiger partial charge in [0.1, 0.15) is 6.04 Å². The molecule has 1 aromatic carbocycles. The van der Waals surface area contributed by atoms with Crippen LogP contribution in [0.25, 0.3) is 0 Å². The van der Waals surface area contributed by atoms with Gasteiger partial charge in [0.2, 0.25) is 15.9 Å². The van der Waals surface area contributed by atoms with Crippen molar-refractivity contribution in [1.82, 2.24) is 4.72 Å². The summed E-state index contributed by atoms with van der Waals surface area (Å²) in [4.78, 5) is 26.6. The Balaban J connectivity index is 2.33. The maximum absolute atomic E-state index is 12.7. The fourth-order valence-electron chi connectivity index (χ4n) is 2.60. The summed E-state index contributed by atoms with van der Waals surface area (Å²) in [5, 5.41) is 0. The Hall–Kier alpha value is -1.80. The van der Waals surface area contributed by atoms with Gasteiger partial charge < -0.3 is 0 Å². The average Bonchev–Trinajstić information content (AvgIpc) is 2.92. The minimum absolute atomic E-state index is 0.254. The number of para-hydroxylation sites is 1. The predicted molar refractivity (Wildman–Crippen MR) is 96.6 cm³/mol. The molecule has 0 unspecified atom stereocenters. The zero-order chi connectivity index (χ0) is 17.9. The standard InChI is InChI=1S/C16H20N2O4S2/c1-3-8-24(21,22)17-15(19)14-9-12-6-4-5-7-13(12)18(14)16(20)11(2)10-23/h3-7,11,14,23H,1,8-10H2,2H3,(H,17,19)/t11-,14+/m0/s1. The van der Waals surface area contributed by atoms with Crippen LogP contribution in [0, 0.1) is 5.92 Å². The van der Waals surface area contributed by atoms with Crippen LogP contribution in [0.4, 0.5) is 5.69 Å². The third-order valence-corrected chi connectivity index (χ3v) is 5.54. The molecule has 2 atom stereocenters. The van der Waals surface area contributed by atoms with E-state index in [9.17, 15) is 18.0 Å². The number of carbonyl (C=O) groups is 2. The third-order valence-electron chi connectivity index (χ3n) is 3.80. The van der Waals surface area contributed by atoms with Crippen LogP contribution in [-0.2, 0) is 26.0 Å². The van der Waals surface area contributed by atoms with E-state index in [1.165, 1.54) is 11.0 Å². The number of rotatable bonds is 6. The van der Waals surface area contributed by atoms with Gasteiger partial charge in [0.05, 0.1) is 5.75 Å². The van der Waals surface area contributed by atoms with E-state index in [1.807, 2.05) is 16.9 Å². The molecule has 1 aliphatic rings. The molecule has 24 heavy (non-hydrogen) atoms. The highest BCUT2D eigenvalue weighted by atomic mass is 32.2. The molecule has 6 nitrogen and oxygen atoms in total. The number of thiol groups is 1. The number of hydrogen-bond donors (Lipinski definition) is 2. The summed E-state index contributed by atoms with van der Waals surface area (Å²) in [5.74, 6) is -1.39. The number of amides is 2. The van der Waals surface area contributed by atoms with Gasteiger partial charge in [0.25, 0.3) is 5.91 Å². The molecule has 1 N–H and O–H groups in total. The van der Waals surface area contributed by atoms with Crippen LogP contribution in [0.15, 0.2) is 36.9 Å². The molecule has 2 amide bonds. The Kier molecular flexibility index (Phi) is 5.71. The van der Waals surface area contributed by atoms with Crippen LogP contribution in [0.2, 0.25) is 0 Å². The summed E-state index contributed by atoms with van der Waals surface area (Å²) in [7, 11) is -3.80. The van der Waals surface area contributed by atoms with Crippen LogP contribution in [0.1, 0.15) is 12.5 Å². The van der Waals surface area contributed by atoms with Gasteiger partial charge in [0.15, 0.2) is 0 Å². The number of nitrogens with one attached hydrogen (secondary N) is 1. The molecule has 130 valence electrons. The van der Waals surface area contributed by atoms with Crippen LogP contribution in [-0.4, -0.2) is 37.8 Å². The Morgan fingerprint density at radius 3 is 2.75 bits per heavy atom. The van der Waals surface area contributed by atoms with E-state index < -0.39 is 22.0 Å². The first-order valence-electron chi connectivity index (χ1n) is 7.47. The summed E-state index contributed by atoms with van der Waals surface area (Å²) in [5.41, 5.74) is 1.47. The monoisotopic (exact) mass is 368 g/mol. The lowest BCUT2D eigenvalue weighted by Crippen LogP contribution is -2.51. The molecule has 0 bridgehead atoms. The van der Waals surface area contributed by atoms with Crippen LogP contribution in [0.3, 0.4) is 0 Å². The van der Waals surface area contributed by atoms with Gasteiger partial charge in [-0.25, -0.2) is 8.42 Å². The molecule has 0 aliphatic carbocycles. The zero-order valence-electron chi connectivity index (χ0n) is 13.3. The van der Waals surface area contributed by atoms with Gasteiger partial charge in [-0.05, 0) is 11.6 Å². The molecule has 2 rings (SSSR count). The smallest absolute Gasteiger partial charge is 0.256 e. The molecule has 8 heteroatoms. The maximum atomic E-state index is 12.7. The Morgan fingerprint density at radius 2 is 2.12 bits per heavy atom. The number of hydrogen-bond acceptors (Lipinski definition) is 5. The molecule has 0 fully saturated rings. The van der Waals surface area contributed by atoms with E-state index >= 15 is 0 Å². The topological polar surface area (TPSA) is 83.6 Å². The summed E-state index contributed by atoms with van der Waals surface area (Å²) >= 11 is 4.14. The van der Waals surface area contributed by atoms with Gasteiger partial charge in [-0.15, -0.1) is 6.58 Å². The van der Waals surface area contributed by atoms with Crippen molar-refractivity contribution in [3.8, 4) is 0 Å². The molecule has 0 spiro atoms. The van der Waals surface area contributed by atoms with Crippen LogP contribution in [0.5, 0.6) is 0 Å². The van der Waals surface area contributed by atoms with Gasteiger partial charge in [-0.3, -0.25) is 19.2 Å². The molecule has 0 aromatic heterocycles. The minimum Gasteiger partial charge on any atom is -0.299 e. The average molecular weight is 368 g/mol.